The monoisotopic (exact) mass is 504 g/mol. The normalized spacial score (nSPS) is 37.8. The molecule has 0 aromatic heterocycles. The van der Waals surface area contributed by atoms with Gasteiger partial charge in [0.25, 0.3) is 0 Å². The third kappa shape index (κ3) is 4.85. The number of benzene rings is 1. The molecule has 1 aromatic rings. The average molecular weight is 505 g/mol. The van der Waals surface area contributed by atoms with E-state index in [-0.39, 0.29) is 23.4 Å². The van der Waals surface area contributed by atoms with Crippen molar-refractivity contribution in [3.63, 3.8) is 0 Å². The molecule has 3 fully saturated rings. The van der Waals surface area contributed by atoms with E-state index in [1.165, 1.54) is 50.5 Å². The second-order valence-electron chi connectivity index (χ2n) is 13.9. The molecule has 37 heavy (non-hydrogen) atoms. The van der Waals surface area contributed by atoms with Crippen LogP contribution in [0, 0.1) is 46.3 Å². The van der Waals surface area contributed by atoms with Crippen LogP contribution in [0.2, 0.25) is 0 Å². The van der Waals surface area contributed by atoms with Gasteiger partial charge in [-0.05, 0) is 97.2 Å². The second-order valence-corrected chi connectivity index (χ2v) is 13.9. The van der Waals surface area contributed by atoms with Crippen LogP contribution in [0.4, 0.5) is 0 Å². The summed E-state index contributed by atoms with van der Waals surface area (Å²) in [7, 11) is 0. The fourth-order valence-electron chi connectivity index (χ4n) is 9.29. The molecule has 0 spiro atoms. The number of rotatable bonds is 7. The van der Waals surface area contributed by atoms with E-state index in [9.17, 15) is 9.59 Å². The van der Waals surface area contributed by atoms with Crippen molar-refractivity contribution in [2.45, 2.75) is 105 Å². The van der Waals surface area contributed by atoms with E-state index < -0.39 is 0 Å². The van der Waals surface area contributed by atoms with Crippen molar-refractivity contribution in [2.24, 2.45) is 46.3 Å². The summed E-state index contributed by atoms with van der Waals surface area (Å²) in [5, 5.41) is 0. The summed E-state index contributed by atoms with van der Waals surface area (Å²) in [6, 6.07) is 9.26. The summed E-state index contributed by atoms with van der Waals surface area (Å²) < 4.78 is 5.92. The van der Waals surface area contributed by atoms with Gasteiger partial charge in [-0.25, -0.2) is 4.79 Å². The van der Waals surface area contributed by atoms with Crippen LogP contribution in [0.15, 0.2) is 42.0 Å². The summed E-state index contributed by atoms with van der Waals surface area (Å²) in [4.78, 5) is 26.5. The first-order chi connectivity index (χ1) is 17.6. The summed E-state index contributed by atoms with van der Waals surface area (Å²) in [6.45, 7) is 12.1. The van der Waals surface area contributed by atoms with Crippen molar-refractivity contribution in [3.8, 4) is 0 Å². The Kier molecular flexibility index (Phi) is 7.46. The smallest absolute Gasteiger partial charge is 0.338 e. The first-order valence-corrected chi connectivity index (χ1v) is 15.1. The topological polar surface area (TPSA) is 43.4 Å². The predicted octanol–water partition coefficient (Wildman–Crippen LogP) is 8.43. The standard InChI is InChI=1S/C34H48O3/c1-22(2)10-9-11-23(3)27-14-15-28-31-29(17-19-34(27,28)5)33(4)18-16-26(20-25(33)21-30(31)35)37-32(36)24-12-7-6-8-13-24/h6-8,12-13,21-23,26-29,31H,9-11,14-20H2,1-5H3. The van der Waals surface area contributed by atoms with E-state index in [0.29, 0.717) is 35.0 Å². The highest BCUT2D eigenvalue weighted by Gasteiger charge is 2.61. The van der Waals surface area contributed by atoms with Crippen molar-refractivity contribution < 1.29 is 14.3 Å². The minimum Gasteiger partial charge on any atom is -0.458 e. The van der Waals surface area contributed by atoms with Crippen molar-refractivity contribution in [2.75, 3.05) is 0 Å². The molecule has 0 bridgehead atoms. The van der Waals surface area contributed by atoms with Crippen molar-refractivity contribution >= 4 is 11.8 Å². The van der Waals surface area contributed by atoms with Crippen LogP contribution in [-0.4, -0.2) is 17.9 Å². The summed E-state index contributed by atoms with van der Waals surface area (Å²) in [5.41, 5.74) is 2.22. The molecule has 0 saturated heterocycles. The number of hydrogen-bond donors (Lipinski definition) is 0. The number of ketones is 1. The van der Waals surface area contributed by atoms with E-state index in [1.54, 1.807) is 0 Å². The van der Waals surface area contributed by atoms with Crippen molar-refractivity contribution in [3.05, 3.63) is 47.5 Å². The molecule has 4 aliphatic carbocycles. The SMILES string of the molecule is CC(C)CCCC(C)C1CCC2C3C(=O)C=C4CC(OC(=O)c5ccccc5)CCC4(C)C3CCC12C. The molecule has 0 heterocycles. The molecule has 3 nitrogen and oxygen atoms in total. The van der Waals surface area contributed by atoms with Crippen LogP contribution in [0.25, 0.3) is 0 Å². The summed E-state index contributed by atoms with van der Waals surface area (Å²) in [5.74, 6) is 3.57. The Hall–Kier alpha value is -1.90. The Bertz CT molecular complexity index is 1020. The zero-order valence-corrected chi connectivity index (χ0v) is 23.8. The lowest BCUT2D eigenvalue weighted by molar-refractivity contribution is -0.135. The fourth-order valence-corrected chi connectivity index (χ4v) is 9.29. The van der Waals surface area contributed by atoms with E-state index in [0.717, 1.165) is 30.6 Å². The summed E-state index contributed by atoms with van der Waals surface area (Å²) in [6.07, 6.45) is 13.4. The van der Waals surface area contributed by atoms with E-state index in [4.69, 9.17) is 4.74 Å². The molecule has 0 radical (unpaired) electrons. The molecule has 0 N–H and O–H groups in total. The zero-order chi connectivity index (χ0) is 26.4. The number of carbonyl (C=O) groups is 2. The zero-order valence-electron chi connectivity index (χ0n) is 23.8. The van der Waals surface area contributed by atoms with E-state index in [2.05, 4.69) is 34.6 Å². The molecule has 3 heteroatoms. The molecular weight excluding hydrogens is 456 g/mol. The van der Waals surface area contributed by atoms with Gasteiger partial charge in [-0.15, -0.1) is 0 Å². The molecule has 8 unspecified atom stereocenters. The molecule has 8 atom stereocenters. The number of ether oxygens (including phenoxy) is 1. The number of carbonyl (C=O) groups excluding carboxylic acids is 2. The van der Waals surface area contributed by atoms with Crippen molar-refractivity contribution in [1.82, 2.24) is 0 Å². The minimum atomic E-state index is -0.247. The molecule has 5 rings (SSSR count). The van der Waals surface area contributed by atoms with Gasteiger partial charge in [-0.3, -0.25) is 4.79 Å². The third-order valence-corrected chi connectivity index (χ3v) is 11.4. The molecular formula is C34H48O3. The quantitative estimate of drug-likeness (QED) is 0.350. The Labute approximate surface area is 224 Å². The molecule has 0 aliphatic heterocycles. The maximum atomic E-state index is 13.8. The van der Waals surface area contributed by atoms with Gasteiger partial charge in [-0.2, -0.15) is 0 Å². The van der Waals surface area contributed by atoms with Gasteiger partial charge in [0.2, 0.25) is 0 Å². The van der Waals surface area contributed by atoms with Crippen LogP contribution in [0.3, 0.4) is 0 Å². The van der Waals surface area contributed by atoms with Crippen LogP contribution < -0.4 is 0 Å². The lowest BCUT2D eigenvalue weighted by Gasteiger charge is -2.57. The van der Waals surface area contributed by atoms with Gasteiger partial charge < -0.3 is 4.74 Å². The van der Waals surface area contributed by atoms with Gasteiger partial charge in [0.15, 0.2) is 5.78 Å². The highest BCUT2D eigenvalue weighted by atomic mass is 16.5. The lowest BCUT2D eigenvalue weighted by Crippen LogP contribution is -2.53. The predicted molar refractivity (Wildman–Crippen MR) is 149 cm³/mol. The first-order valence-electron chi connectivity index (χ1n) is 15.1. The average Bonchev–Trinajstić information content (AvgIpc) is 3.22. The summed E-state index contributed by atoms with van der Waals surface area (Å²) >= 11 is 0. The van der Waals surface area contributed by atoms with Gasteiger partial charge in [0.1, 0.15) is 6.10 Å². The lowest BCUT2D eigenvalue weighted by atomic mass is 9.46. The van der Waals surface area contributed by atoms with Gasteiger partial charge >= 0.3 is 5.97 Å². The minimum absolute atomic E-state index is 0.0660. The van der Waals surface area contributed by atoms with Gasteiger partial charge in [-0.1, -0.05) is 77.7 Å². The molecule has 0 amide bonds. The fraction of sp³-hybridized carbons (Fsp3) is 0.706. The van der Waals surface area contributed by atoms with Gasteiger partial charge in [0, 0.05) is 12.3 Å². The van der Waals surface area contributed by atoms with Crippen LogP contribution >= 0.6 is 0 Å². The Balaban J connectivity index is 1.30. The Morgan fingerprint density at radius 2 is 1.73 bits per heavy atom. The first kappa shape index (κ1) is 26.7. The van der Waals surface area contributed by atoms with Crippen LogP contribution in [-0.2, 0) is 9.53 Å². The number of esters is 1. The number of allylic oxidation sites excluding steroid dienone is 1. The molecule has 3 saturated carbocycles. The maximum absolute atomic E-state index is 13.8. The number of fused-ring (bicyclic) bond motifs is 5. The second kappa shape index (κ2) is 10.3. The molecule has 202 valence electrons. The highest BCUT2D eigenvalue weighted by molar-refractivity contribution is 5.94. The van der Waals surface area contributed by atoms with Crippen LogP contribution in [0.5, 0.6) is 0 Å². The Morgan fingerprint density at radius 1 is 0.973 bits per heavy atom. The Morgan fingerprint density at radius 3 is 2.46 bits per heavy atom. The van der Waals surface area contributed by atoms with Gasteiger partial charge in [0.05, 0.1) is 5.56 Å². The maximum Gasteiger partial charge on any atom is 0.338 e. The largest absolute Gasteiger partial charge is 0.458 e. The number of hydrogen-bond acceptors (Lipinski definition) is 3. The van der Waals surface area contributed by atoms with Crippen LogP contribution in [0.1, 0.15) is 109 Å². The third-order valence-electron chi connectivity index (χ3n) is 11.4. The molecule has 1 aromatic carbocycles. The van der Waals surface area contributed by atoms with E-state index >= 15 is 0 Å². The highest BCUT2D eigenvalue weighted by Crippen LogP contribution is 2.66. The van der Waals surface area contributed by atoms with E-state index in [1.807, 2.05) is 36.4 Å². The molecule has 4 aliphatic rings. The van der Waals surface area contributed by atoms with Crippen molar-refractivity contribution in [1.29, 1.82) is 0 Å².